The van der Waals surface area contributed by atoms with Crippen LogP contribution >= 0.6 is 0 Å². The van der Waals surface area contributed by atoms with Gasteiger partial charge in [-0.3, -0.25) is 9.55 Å². The fraction of sp³-hybridized carbons (Fsp3) is 0.435. The predicted octanol–water partition coefficient (Wildman–Crippen LogP) is 5.59. The predicted molar refractivity (Wildman–Crippen MR) is 115 cm³/mol. The lowest BCUT2D eigenvalue weighted by atomic mass is 9.58. The molecule has 5 heteroatoms. The number of fused-ring (bicyclic) bond motifs is 1. The summed E-state index contributed by atoms with van der Waals surface area (Å²) in [6.07, 6.45) is 2.98. The van der Waals surface area contributed by atoms with E-state index in [1.807, 2.05) is 6.21 Å². The Kier molecular flexibility index (Phi) is 5.05. The summed E-state index contributed by atoms with van der Waals surface area (Å²) in [7, 11) is -4.18. The van der Waals surface area contributed by atoms with Crippen LogP contribution in [0.4, 0.5) is 5.69 Å². The average molecular weight is 400 g/mol. The van der Waals surface area contributed by atoms with E-state index in [-0.39, 0.29) is 15.7 Å². The summed E-state index contributed by atoms with van der Waals surface area (Å²) < 4.78 is 31.4. The Hall–Kier alpha value is -1.98. The lowest BCUT2D eigenvalue weighted by Gasteiger charge is -2.47. The molecule has 0 bridgehead atoms. The summed E-state index contributed by atoms with van der Waals surface area (Å²) in [5.41, 5.74) is 5.92. The summed E-state index contributed by atoms with van der Waals surface area (Å²) in [5.74, 6) is 0.607. The Balaban J connectivity index is 1.99. The van der Waals surface area contributed by atoms with Gasteiger partial charge in [0.1, 0.15) is 0 Å². The molecule has 0 saturated carbocycles. The van der Waals surface area contributed by atoms with E-state index < -0.39 is 10.1 Å². The van der Waals surface area contributed by atoms with E-state index in [0.717, 1.165) is 12.0 Å². The van der Waals surface area contributed by atoms with Gasteiger partial charge in [0, 0.05) is 6.21 Å². The van der Waals surface area contributed by atoms with E-state index in [1.165, 1.54) is 28.8 Å². The van der Waals surface area contributed by atoms with Crippen molar-refractivity contribution in [2.45, 2.75) is 63.7 Å². The maximum Gasteiger partial charge on any atom is 0.294 e. The number of aliphatic imine (C=N–C) groups is 1. The fourth-order valence-corrected chi connectivity index (χ4v) is 4.68. The van der Waals surface area contributed by atoms with Gasteiger partial charge in [0.05, 0.1) is 10.6 Å². The molecule has 0 saturated heterocycles. The van der Waals surface area contributed by atoms with Gasteiger partial charge in [0.15, 0.2) is 0 Å². The van der Waals surface area contributed by atoms with Gasteiger partial charge in [-0.2, -0.15) is 8.42 Å². The van der Waals surface area contributed by atoms with Crippen LogP contribution in [0.25, 0.3) is 0 Å². The molecule has 0 fully saturated rings. The molecule has 4 nitrogen and oxygen atoms in total. The number of hydrogen-bond acceptors (Lipinski definition) is 3. The molecule has 1 unspecified atom stereocenters. The highest BCUT2D eigenvalue weighted by atomic mass is 32.2. The molecule has 3 rings (SSSR count). The SMILES string of the molecule is Cc1cc2c(cc1C=Nc1ccc(S(=O)(=O)O)cc1)C(C)(C)CC(C)C2(C)C. The van der Waals surface area contributed by atoms with Gasteiger partial charge in [-0.1, -0.05) is 40.7 Å². The first kappa shape index (κ1) is 20.7. The highest BCUT2D eigenvalue weighted by molar-refractivity contribution is 7.85. The molecular weight excluding hydrogens is 370 g/mol. The van der Waals surface area contributed by atoms with E-state index in [9.17, 15) is 8.42 Å². The van der Waals surface area contributed by atoms with Crippen LogP contribution < -0.4 is 0 Å². The molecule has 0 spiro atoms. The zero-order chi connectivity index (χ0) is 20.9. The Morgan fingerprint density at radius 2 is 1.68 bits per heavy atom. The van der Waals surface area contributed by atoms with Gasteiger partial charge >= 0.3 is 0 Å². The number of rotatable bonds is 3. The molecule has 2 aromatic rings. The van der Waals surface area contributed by atoms with Crippen molar-refractivity contribution < 1.29 is 13.0 Å². The minimum absolute atomic E-state index is 0.109. The zero-order valence-electron chi connectivity index (χ0n) is 17.4. The second kappa shape index (κ2) is 6.82. The van der Waals surface area contributed by atoms with Crippen molar-refractivity contribution in [3.05, 3.63) is 58.7 Å². The standard InChI is InChI=1S/C23H29NO3S/c1-15-11-21-20(22(3,4)13-16(2)23(21,5)6)12-17(15)14-24-18-7-9-19(10-8-18)28(25,26)27/h7-12,14,16H,13H2,1-6H3,(H,25,26,27). The molecule has 1 aliphatic carbocycles. The van der Waals surface area contributed by atoms with Crippen LogP contribution in [0.1, 0.15) is 63.3 Å². The minimum Gasteiger partial charge on any atom is -0.282 e. The van der Waals surface area contributed by atoms with Crippen molar-refractivity contribution in [3.63, 3.8) is 0 Å². The maximum atomic E-state index is 11.2. The third kappa shape index (κ3) is 3.78. The van der Waals surface area contributed by atoms with Crippen molar-refractivity contribution >= 4 is 22.0 Å². The molecule has 0 amide bonds. The van der Waals surface area contributed by atoms with Gasteiger partial charge in [0.25, 0.3) is 10.1 Å². The average Bonchev–Trinajstić information content (AvgIpc) is 2.58. The summed E-state index contributed by atoms with van der Waals surface area (Å²) >= 11 is 0. The molecule has 1 atom stereocenters. The Morgan fingerprint density at radius 3 is 2.25 bits per heavy atom. The van der Waals surface area contributed by atoms with Crippen molar-refractivity contribution in [1.82, 2.24) is 0 Å². The summed E-state index contributed by atoms with van der Waals surface area (Å²) in [4.78, 5) is 4.38. The lowest BCUT2D eigenvalue weighted by Crippen LogP contribution is -2.40. The van der Waals surface area contributed by atoms with Crippen LogP contribution in [0.3, 0.4) is 0 Å². The van der Waals surface area contributed by atoms with Crippen molar-refractivity contribution in [2.75, 3.05) is 0 Å². The van der Waals surface area contributed by atoms with E-state index >= 15 is 0 Å². The first-order valence-electron chi connectivity index (χ1n) is 9.59. The normalized spacial score (nSPS) is 20.9. The number of benzene rings is 2. The molecule has 0 heterocycles. The largest absolute Gasteiger partial charge is 0.294 e. The van der Waals surface area contributed by atoms with Crippen LogP contribution in [0.15, 0.2) is 46.3 Å². The second-order valence-electron chi connectivity index (χ2n) is 9.19. The van der Waals surface area contributed by atoms with Crippen LogP contribution in [0.5, 0.6) is 0 Å². The van der Waals surface area contributed by atoms with Crippen molar-refractivity contribution in [2.24, 2.45) is 10.9 Å². The third-order valence-corrected chi connectivity index (χ3v) is 7.23. The number of nitrogens with zero attached hydrogens (tertiary/aromatic N) is 1. The Labute approximate surface area is 168 Å². The second-order valence-corrected chi connectivity index (χ2v) is 10.6. The molecular formula is C23H29NO3S. The summed E-state index contributed by atoms with van der Waals surface area (Å²) in [5, 5.41) is 0. The molecule has 0 radical (unpaired) electrons. The molecule has 1 N–H and O–H groups in total. The smallest absolute Gasteiger partial charge is 0.282 e. The summed E-state index contributed by atoms with van der Waals surface area (Å²) in [6.45, 7) is 13.7. The van der Waals surface area contributed by atoms with E-state index in [4.69, 9.17) is 4.55 Å². The highest BCUT2D eigenvalue weighted by Gasteiger charge is 2.42. The van der Waals surface area contributed by atoms with Gasteiger partial charge in [0.2, 0.25) is 0 Å². The molecule has 150 valence electrons. The topological polar surface area (TPSA) is 66.7 Å². The number of aryl methyl sites for hydroxylation is 1. The molecule has 0 aliphatic heterocycles. The Morgan fingerprint density at radius 1 is 1.07 bits per heavy atom. The molecule has 28 heavy (non-hydrogen) atoms. The molecule has 1 aliphatic rings. The van der Waals surface area contributed by atoms with Gasteiger partial charge in [-0.15, -0.1) is 0 Å². The van der Waals surface area contributed by atoms with E-state index in [0.29, 0.717) is 11.6 Å². The van der Waals surface area contributed by atoms with E-state index in [2.05, 4.69) is 58.7 Å². The van der Waals surface area contributed by atoms with Gasteiger partial charge in [-0.25, -0.2) is 0 Å². The van der Waals surface area contributed by atoms with Crippen LogP contribution in [0.2, 0.25) is 0 Å². The first-order valence-corrected chi connectivity index (χ1v) is 11.0. The van der Waals surface area contributed by atoms with E-state index in [1.54, 1.807) is 12.1 Å². The van der Waals surface area contributed by atoms with Crippen LogP contribution in [0, 0.1) is 12.8 Å². The molecule has 2 aromatic carbocycles. The van der Waals surface area contributed by atoms with Gasteiger partial charge < -0.3 is 0 Å². The van der Waals surface area contributed by atoms with Gasteiger partial charge in [-0.05, 0) is 82.7 Å². The highest BCUT2D eigenvalue weighted by Crippen LogP contribution is 2.49. The summed E-state index contributed by atoms with van der Waals surface area (Å²) in [6, 6.07) is 10.4. The zero-order valence-corrected chi connectivity index (χ0v) is 18.3. The Bertz CT molecular complexity index is 1030. The molecule has 0 aromatic heterocycles. The van der Waals surface area contributed by atoms with Crippen LogP contribution in [-0.2, 0) is 20.9 Å². The lowest BCUT2D eigenvalue weighted by molar-refractivity contribution is 0.233. The monoisotopic (exact) mass is 399 g/mol. The third-order valence-electron chi connectivity index (χ3n) is 6.37. The number of hydrogen-bond donors (Lipinski definition) is 1. The fourth-order valence-electron chi connectivity index (χ4n) is 4.20. The minimum atomic E-state index is -4.18. The van der Waals surface area contributed by atoms with Crippen molar-refractivity contribution in [3.8, 4) is 0 Å². The van der Waals surface area contributed by atoms with Crippen molar-refractivity contribution in [1.29, 1.82) is 0 Å². The first-order chi connectivity index (χ1) is 12.8. The maximum absolute atomic E-state index is 11.2. The quantitative estimate of drug-likeness (QED) is 0.540. The van der Waals surface area contributed by atoms with Crippen LogP contribution in [-0.4, -0.2) is 19.2 Å².